The van der Waals surface area contributed by atoms with Crippen LogP contribution in [0, 0.1) is 0 Å². The third-order valence-corrected chi connectivity index (χ3v) is 12.1. The maximum absolute atomic E-state index is 12.7. The van der Waals surface area contributed by atoms with Crippen LogP contribution in [0.4, 0.5) is 0 Å². The van der Waals surface area contributed by atoms with E-state index in [4.69, 9.17) is 13.6 Å². The van der Waals surface area contributed by atoms with E-state index in [1.807, 2.05) is 13.8 Å². The molecule has 0 fully saturated rings. The first kappa shape index (κ1) is 52.0. The second-order valence-electron chi connectivity index (χ2n) is 15.6. The summed E-state index contributed by atoms with van der Waals surface area (Å²) < 4.78 is 29.0. The van der Waals surface area contributed by atoms with Crippen LogP contribution in [0.25, 0.3) is 0 Å². The van der Waals surface area contributed by atoms with Gasteiger partial charge in [0.05, 0.1) is 19.8 Å². The molecule has 0 rings (SSSR count). The average molecular weight is 760 g/mol. The summed E-state index contributed by atoms with van der Waals surface area (Å²) in [5.41, 5.74) is 0. The highest BCUT2D eigenvalue weighted by Gasteiger charge is 2.25. The molecular weight excluding hydrogens is 665 g/mol. The van der Waals surface area contributed by atoms with Gasteiger partial charge in [0.1, 0.15) is 0 Å². The number of phosphoric ester groups is 1. The van der Waals surface area contributed by atoms with Crippen LogP contribution < -0.4 is 0 Å². The standard InChI is InChI=1S/C44H94N3O4P/c1-7-12-15-18-21-24-27-30-38-46(39-31-28-25-22-19-16-13-8-2)41-33-36-45(6)37-34-42-47(40-32-29-26-23-20-17-14-9-3)43-35-44-51-52(48,49-10-4)50-11-5/h7-44H2,1-6H3. The first-order chi connectivity index (χ1) is 25.4. The molecule has 0 N–H and O–H groups in total. The van der Waals surface area contributed by atoms with Gasteiger partial charge in [-0.1, -0.05) is 156 Å². The molecule has 8 heteroatoms. The normalized spacial score (nSPS) is 12.3. The molecule has 0 saturated carbocycles. The number of hydrogen-bond acceptors (Lipinski definition) is 7. The predicted octanol–water partition coefficient (Wildman–Crippen LogP) is 13.3. The molecule has 0 spiro atoms. The quantitative estimate of drug-likeness (QED) is 0.0453. The van der Waals surface area contributed by atoms with Crippen LogP contribution >= 0.6 is 7.82 Å². The van der Waals surface area contributed by atoms with E-state index in [1.165, 1.54) is 193 Å². The van der Waals surface area contributed by atoms with Gasteiger partial charge in [0.2, 0.25) is 0 Å². The number of nitrogens with zero attached hydrogens (tertiary/aromatic N) is 3. The largest absolute Gasteiger partial charge is 0.474 e. The van der Waals surface area contributed by atoms with Gasteiger partial charge in [-0.15, -0.1) is 0 Å². The third kappa shape index (κ3) is 35.7. The summed E-state index contributed by atoms with van der Waals surface area (Å²) in [6, 6.07) is 0. The fraction of sp³-hybridized carbons (Fsp3) is 1.00. The van der Waals surface area contributed by atoms with Crippen molar-refractivity contribution >= 4 is 7.82 Å². The van der Waals surface area contributed by atoms with Gasteiger partial charge >= 0.3 is 7.82 Å². The van der Waals surface area contributed by atoms with E-state index < -0.39 is 7.82 Å². The van der Waals surface area contributed by atoms with Crippen molar-refractivity contribution in [1.29, 1.82) is 0 Å². The molecule has 0 bridgehead atoms. The van der Waals surface area contributed by atoms with Crippen LogP contribution in [-0.2, 0) is 18.1 Å². The lowest BCUT2D eigenvalue weighted by molar-refractivity contribution is 0.116. The van der Waals surface area contributed by atoms with Gasteiger partial charge in [-0.05, 0) is 105 Å². The van der Waals surface area contributed by atoms with Crippen molar-refractivity contribution in [1.82, 2.24) is 14.7 Å². The molecule has 0 aromatic carbocycles. The van der Waals surface area contributed by atoms with Crippen LogP contribution in [0.2, 0.25) is 0 Å². The molecular formula is C44H94N3O4P. The van der Waals surface area contributed by atoms with Gasteiger partial charge in [-0.2, -0.15) is 0 Å². The lowest BCUT2D eigenvalue weighted by atomic mass is 10.1. The highest BCUT2D eigenvalue weighted by Crippen LogP contribution is 2.49. The first-order valence-electron chi connectivity index (χ1n) is 23.1. The van der Waals surface area contributed by atoms with Crippen LogP contribution in [0.1, 0.15) is 208 Å². The Morgan fingerprint density at radius 1 is 0.346 bits per heavy atom. The minimum Gasteiger partial charge on any atom is -0.306 e. The van der Waals surface area contributed by atoms with Gasteiger partial charge in [0.25, 0.3) is 0 Å². The van der Waals surface area contributed by atoms with E-state index in [1.54, 1.807) is 0 Å². The highest BCUT2D eigenvalue weighted by atomic mass is 31.2. The molecule has 0 aromatic rings. The molecule has 0 unspecified atom stereocenters. The summed E-state index contributed by atoms with van der Waals surface area (Å²) in [6.07, 6.45) is 36.5. The molecule has 0 atom stereocenters. The number of unbranched alkanes of at least 4 members (excludes halogenated alkanes) is 21. The molecule has 52 heavy (non-hydrogen) atoms. The summed E-state index contributed by atoms with van der Waals surface area (Å²) in [5, 5.41) is 0. The summed E-state index contributed by atoms with van der Waals surface area (Å²) in [5.74, 6) is 0. The van der Waals surface area contributed by atoms with Gasteiger partial charge in [0, 0.05) is 6.54 Å². The monoisotopic (exact) mass is 760 g/mol. The summed E-state index contributed by atoms with van der Waals surface area (Å²) >= 11 is 0. The van der Waals surface area contributed by atoms with Gasteiger partial charge < -0.3 is 14.7 Å². The van der Waals surface area contributed by atoms with Crippen LogP contribution in [-0.4, -0.2) is 93.9 Å². The molecule has 0 amide bonds. The maximum Gasteiger partial charge on any atom is 0.474 e. The van der Waals surface area contributed by atoms with E-state index in [0.717, 1.165) is 32.6 Å². The molecule has 0 aromatic heterocycles. The Morgan fingerprint density at radius 2 is 0.635 bits per heavy atom. The fourth-order valence-corrected chi connectivity index (χ4v) is 8.42. The number of phosphoric acid groups is 1. The second-order valence-corrected chi connectivity index (χ2v) is 17.3. The van der Waals surface area contributed by atoms with Crippen molar-refractivity contribution in [2.75, 3.05) is 79.2 Å². The Bertz CT molecular complexity index is 716. The van der Waals surface area contributed by atoms with Gasteiger partial charge in [0.15, 0.2) is 0 Å². The zero-order valence-corrected chi connectivity index (χ0v) is 37.2. The predicted molar refractivity (Wildman–Crippen MR) is 229 cm³/mol. The molecule has 0 aliphatic carbocycles. The lowest BCUT2D eigenvalue weighted by Gasteiger charge is -2.26. The van der Waals surface area contributed by atoms with E-state index in [2.05, 4.69) is 42.5 Å². The van der Waals surface area contributed by atoms with Crippen LogP contribution in [0.5, 0.6) is 0 Å². The molecule has 0 aliphatic heterocycles. The van der Waals surface area contributed by atoms with Crippen molar-refractivity contribution in [3.05, 3.63) is 0 Å². The highest BCUT2D eigenvalue weighted by molar-refractivity contribution is 7.48. The van der Waals surface area contributed by atoms with Crippen molar-refractivity contribution in [3.8, 4) is 0 Å². The maximum atomic E-state index is 12.7. The zero-order chi connectivity index (χ0) is 38.2. The minimum atomic E-state index is -3.43. The zero-order valence-electron chi connectivity index (χ0n) is 36.3. The lowest BCUT2D eigenvalue weighted by Crippen LogP contribution is -2.32. The Labute approximate surface area is 327 Å². The van der Waals surface area contributed by atoms with Crippen molar-refractivity contribution in [3.63, 3.8) is 0 Å². The smallest absolute Gasteiger partial charge is 0.306 e. The molecule has 0 radical (unpaired) electrons. The number of hydrogen-bond donors (Lipinski definition) is 0. The van der Waals surface area contributed by atoms with Gasteiger partial charge in [-0.25, -0.2) is 4.57 Å². The van der Waals surface area contributed by atoms with Crippen LogP contribution in [0.3, 0.4) is 0 Å². The number of rotatable bonds is 44. The van der Waals surface area contributed by atoms with E-state index >= 15 is 0 Å². The van der Waals surface area contributed by atoms with Crippen molar-refractivity contribution < 1.29 is 18.1 Å². The molecule has 314 valence electrons. The average Bonchev–Trinajstić information content (AvgIpc) is 3.13. The fourth-order valence-electron chi connectivity index (χ4n) is 7.21. The molecule has 7 nitrogen and oxygen atoms in total. The third-order valence-electron chi connectivity index (χ3n) is 10.5. The molecule has 0 heterocycles. The Balaban J connectivity index is 4.67. The topological polar surface area (TPSA) is 54.5 Å². The summed E-state index contributed by atoms with van der Waals surface area (Å²) in [7, 11) is -1.12. The SMILES string of the molecule is CCCCCCCCCCN(CCCCCCCCCC)CCCN(C)CCCN(CCCCCCCCCC)CCCOP(=O)(OCC)OCC. The van der Waals surface area contributed by atoms with E-state index in [9.17, 15) is 4.57 Å². The Morgan fingerprint density at radius 3 is 0.962 bits per heavy atom. The van der Waals surface area contributed by atoms with Crippen molar-refractivity contribution in [2.24, 2.45) is 0 Å². The van der Waals surface area contributed by atoms with Gasteiger partial charge in [-0.3, -0.25) is 13.6 Å². The van der Waals surface area contributed by atoms with E-state index in [0.29, 0.717) is 19.8 Å². The van der Waals surface area contributed by atoms with Crippen molar-refractivity contribution in [2.45, 2.75) is 208 Å². The van der Waals surface area contributed by atoms with E-state index in [-0.39, 0.29) is 0 Å². The van der Waals surface area contributed by atoms with Crippen LogP contribution in [0.15, 0.2) is 0 Å². The second kappa shape index (κ2) is 40.6. The first-order valence-corrected chi connectivity index (χ1v) is 24.6. The summed E-state index contributed by atoms with van der Waals surface area (Å²) in [6.45, 7) is 21.0. The molecule has 0 aliphatic rings. The molecule has 0 saturated heterocycles. The minimum absolute atomic E-state index is 0.325. The summed E-state index contributed by atoms with van der Waals surface area (Å²) in [4.78, 5) is 7.96. The Kier molecular flexibility index (Phi) is 40.6. The Hall–Kier alpha value is -0.0100.